The molecule has 0 aromatic heterocycles. The van der Waals surface area contributed by atoms with Gasteiger partial charge < -0.3 is 5.11 Å². The first kappa shape index (κ1) is 13.1. The van der Waals surface area contributed by atoms with Crippen LogP contribution in [-0.4, -0.2) is 29.1 Å². The Morgan fingerprint density at radius 2 is 2.11 bits per heavy atom. The Balaban J connectivity index is 2.06. The highest BCUT2D eigenvalue weighted by atomic mass is 16.4. The van der Waals surface area contributed by atoms with E-state index >= 15 is 0 Å². The Bertz CT molecular complexity index is 413. The summed E-state index contributed by atoms with van der Waals surface area (Å²) >= 11 is 0. The minimum Gasteiger partial charge on any atom is -0.478 e. The first-order chi connectivity index (χ1) is 8.70. The number of carboxylic acids is 1. The van der Waals surface area contributed by atoms with Gasteiger partial charge in [0.05, 0.1) is 5.56 Å². The topological polar surface area (TPSA) is 40.5 Å². The molecular weight excluding hydrogens is 226 g/mol. The second-order valence-electron chi connectivity index (χ2n) is 5.14. The SMILES string of the molecule is CCCN(Cc1ccccc1C(=O)O)CC1CC1. The van der Waals surface area contributed by atoms with Crippen LogP contribution in [0.5, 0.6) is 0 Å². The van der Waals surface area contributed by atoms with E-state index in [1.165, 1.54) is 12.8 Å². The summed E-state index contributed by atoms with van der Waals surface area (Å²) in [5, 5.41) is 9.18. The Morgan fingerprint density at radius 1 is 1.39 bits per heavy atom. The lowest BCUT2D eigenvalue weighted by atomic mass is 10.1. The molecule has 3 nitrogen and oxygen atoms in total. The molecule has 0 saturated heterocycles. The molecule has 0 amide bonds. The maximum atomic E-state index is 11.2. The molecule has 0 unspecified atom stereocenters. The van der Waals surface area contributed by atoms with Crippen LogP contribution in [0.15, 0.2) is 24.3 Å². The molecule has 0 aliphatic heterocycles. The number of hydrogen-bond acceptors (Lipinski definition) is 2. The highest BCUT2D eigenvalue weighted by Crippen LogP contribution is 2.30. The number of carboxylic acid groups (broad SMARTS) is 1. The fraction of sp³-hybridized carbons (Fsp3) is 0.533. The van der Waals surface area contributed by atoms with Crippen molar-refractivity contribution in [1.29, 1.82) is 0 Å². The van der Waals surface area contributed by atoms with Crippen LogP contribution in [0.3, 0.4) is 0 Å². The zero-order valence-corrected chi connectivity index (χ0v) is 10.9. The fourth-order valence-electron chi connectivity index (χ4n) is 2.32. The van der Waals surface area contributed by atoms with Gasteiger partial charge in [0.15, 0.2) is 0 Å². The van der Waals surface area contributed by atoms with Crippen LogP contribution in [0.1, 0.15) is 42.1 Å². The Hall–Kier alpha value is -1.35. The molecular formula is C15H21NO2. The van der Waals surface area contributed by atoms with E-state index < -0.39 is 5.97 Å². The van der Waals surface area contributed by atoms with Gasteiger partial charge >= 0.3 is 5.97 Å². The predicted octanol–water partition coefficient (Wildman–Crippen LogP) is 3.01. The van der Waals surface area contributed by atoms with E-state index in [0.29, 0.717) is 5.56 Å². The van der Waals surface area contributed by atoms with Gasteiger partial charge in [-0.1, -0.05) is 25.1 Å². The zero-order chi connectivity index (χ0) is 13.0. The highest BCUT2D eigenvalue weighted by Gasteiger charge is 2.24. The van der Waals surface area contributed by atoms with Crippen molar-refractivity contribution in [3.05, 3.63) is 35.4 Å². The smallest absolute Gasteiger partial charge is 0.336 e. The van der Waals surface area contributed by atoms with Gasteiger partial charge in [-0.25, -0.2) is 4.79 Å². The van der Waals surface area contributed by atoms with Crippen LogP contribution in [0, 0.1) is 5.92 Å². The van der Waals surface area contributed by atoms with E-state index in [4.69, 9.17) is 0 Å². The van der Waals surface area contributed by atoms with Crippen LogP contribution >= 0.6 is 0 Å². The van der Waals surface area contributed by atoms with Gasteiger partial charge in [0.25, 0.3) is 0 Å². The molecule has 1 N–H and O–H groups in total. The molecule has 0 heterocycles. The summed E-state index contributed by atoms with van der Waals surface area (Å²) in [6, 6.07) is 7.33. The normalized spacial score (nSPS) is 15.0. The maximum absolute atomic E-state index is 11.2. The van der Waals surface area contributed by atoms with Gasteiger partial charge in [0.2, 0.25) is 0 Å². The second kappa shape index (κ2) is 6.01. The third-order valence-corrected chi connectivity index (χ3v) is 3.39. The number of rotatable bonds is 7. The molecule has 1 aromatic carbocycles. The van der Waals surface area contributed by atoms with Crippen LogP contribution in [-0.2, 0) is 6.54 Å². The van der Waals surface area contributed by atoms with Crippen molar-refractivity contribution in [2.45, 2.75) is 32.7 Å². The number of hydrogen-bond donors (Lipinski definition) is 1. The van der Waals surface area contributed by atoms with Gasteiger partial charge in [-0.2, -0.15) is 0 Å². The summed E-state index contributed by atoms with van der Waals surface area (Å²) in [7, 11) is 0. The average Bonchev–Trinajstić information content (AvgIpc) is 3.13. The molecule has 0 atom stereocenters. The van der Waals surface area contributed by atoms with Crippen molar-refractivity contribution in [2.24, 2.45) is 5.92 Å². The van der Waals surface area contributed by atoms with Crippen LogP contribution in [0.2, 0.25) is 0 Å². The summed E-state index contributed by atoms with van der Waals surface area (Å²) in [5.41, 5.74) is 1.37. The lowest BCUT2D eigenvalue weighted by Crippen LogP contribution is -2.27. The van der Waals surface area contributed by atoms with Crippen LogP contribution < -0.4 is 0 Å². The van der Waals surface area contributed by atoms with E-state index in [1.807, 2.05) is 12.1 Å². The van der Waals surface area contributed by atoms with E-state index in [9.17, 15) is 9.90 Å². The summed E-state index contributed by atoms with van der Waals surface area (Å²) in [5.74, 6) is 0.0158. The quantitative estimate of drug-likeness (QED) is 0.805. The molecule has 1 aromatic rings. The van der Waals surface area contributed by atoms with Crippen molar-refractivity contribution in [3.63, 3.8) is 0 Å². The molecule has 2 rings (SSSR count). The summed E-state index contributed by atoms with van der Waals surface area (Å²) < 4.78 is 0. The molecule has 0 spiro atoms. The summed E-state index contributed by atoms with van der Waals surface area (Å²) in [4.78, 5) is 13.6. The monoisotopic (exact) mass is 247 g/mol. The first-order valence-corrected chi connectivity index (χ1v) is 6.74. The largest absolute Gasteiger partial charge is 0.478 e. The van der Waals surface area contributed by atoms with E-state index in [2.05, 4.69) is 11.8 Å². The van der Waals surface area contributed by atoms with E-state index in [1.54, 1.807) is 12.1 Å². The average molecular weight is 247 g/mol. The van der Waals surface area contributed by atoms with Crippen LogP contribution in [0.4, 0.5) is 0 Å². The highest BCUT2D eigenvalue weighted by molar-refractivity contribution is 5.89. The van der Waals surface area contributed by atoms with Crippen molar-refractivity contribution in [1.82, 2.24) is 4.90 Å². The first-order valence-electron chi connectivity index (χ1n) is 6.74. The summed E-state index contributed by atoms with van der Waals surface area (Å²) in [6.45, 7) is 5.09. The van der Waals surface area contributed by atoms with Gasteiger partial charge in [0.1, 0.15) is 0 Å². The Labute approximate surface area is 108 Å². The van der Waals surface area contributed by atoms with Gasteiger partial charge in [-0.05, 0) is 43.4 Å². The second-order valence-corrected chi connectivity index (χ2v) is 5.14. The molecule has 1 fully saturated rings. The molecule has 1 aliphatic rings. The zero-order valence-electron chi connectivity index (χ0n) is 10.9. The van der Waals surface area contributed by atoms with Gasteiger partial charge in [0, 0.05) is 13.1 Å². The van der Waals surface area contributed by atoms with Crippen molar-refractivity contribution in [2.75, 3.05) is 13.1 Å². The van der Waals surface area contributed by atoms with Crippen molar-refractivity contribution < 1.29 is 9.90 Å². The van der Waals surface area contributed by atoms with E-state index in [-0.39, 0.29) is 0 Å². The third kappa shape index (κ3) is 3.57. The molecule has 1 aliphatic carbocycles. The molecule has 0 radical (unpaired) electrons. The standard InChI is InChI=1S/C15H21NO2/c1-2-9-16(10-12-7-8-12)11-13-5-3-4-6-14(13)15(17)18/h3-6,12H,2,7-11H2,1H3,(H,17,18). The lowest BCUT2D eigenvalue weighted by molar-refractivity contribution is 0.0694. The molecule has 3 heteroatoms. The number of nitrogens with zero attached hydrogens (tertiary/aromatic N) is 1. The van der Waals surface area contributed by atoms with E-state index in [0.717, 1.165) is 37.5 Å². The maximum Gasteiger partial charge on any atom is 0.336 e. The minimum atomic E-state index is -0.825. The third-order valence-electron chi connectivity index (χ3n) is 3.39. The number of benzene rings is 1. The molecule has 18 heavy (non-hydrogen) atoms. The Morgan fingerprint density at radius 3 is 2.72 bits per heavy atom. The molecule has 0 bridgehead atoms. The van der Waals surface area contributed by atoms with Crippen molar-refractivity contribution >= 4 is 5.97 Å². The minimum absolute atomic E-state index is 0.439. The van der Waals surface area contributed by atoms with Crippen molar-refractivity contribution in [3.8, 4) is 0 Å². The van der Waals surface area contributed by atoms with Gasteiger partial charge in [-0.15, -0.1) is 0 Å². The molecule has 98 valence electrons. The predicted molar refractivity (Wildman–Crippen MR) is 71.7 cm³/mol. The lowest BCUT2D eigenvalue weighted by Gasteiger charge is -2.22. The Kier molecular flexibility index (Phi) is 4.37. The van der Waals surface area contributed by atoms with Crippen LogP contribution in [0.25, 0.3) is 0 Å². The number of aromatic carboxylic acids is 1. The van der Waals surface area contributed by atoms with Gasteiger partial charge in [-0.3, -0.25) is 4.90 Å². The summed E-state index contributed by atoms with van der Waals surface area (Å²) in [6.07, 6.45) is 3.78. The molecule has 1 saturated carbocycles. The number of carbonyl (C=O) groups is 1. The fourth-order valence-corrected chi connectivity index (χ4v) is 2.32.